The standard InChI is InChI=1S/C32H54O3/c1-22(2)9-8-10-23(3)27-14-15-28-26-13-12-24-21-25(35-20-7-6-11-30(33)34)16-18-31(24,4)29(26)17-19-32(27,28)5/h12,22-23,25-29H,6-11,13-21H2,1-5H3,(H,33,34)/t23-,25+,26+,27-,28+,29+,31+,32-/m1/s1. The fourth-order valence-corrected chi connectivity index (χ4v) is 9.42. The van der Waals surface area contributed by atoms with Gasteiger partial charge >= 0.3 is 5.97 Å². The number of rotatable bonds is 11. The lowest BCUT2D eigenvalue weighted by molar-refractivity contribution is -0.137. The van der Waals surface area contributed by atoms with Crippen LogP contribution >= 0.6 is 0 Å². The first kappa shape index (κ1) is 27.2. The smallest absolute Gasteiger partial charge is 0.303 e. The molecule has 0 spiro atoms. The molecule has 3 saturated carbocycles. The number of carbonyl (C=O) groups is 1. The van der Waals surface area contributed by atoms with E-state index in [-0.39, 0.29) is 6.42 Å². The van der Waals surface area contributed by atoms with Crippen LogP contribution in [0.5, 0.6) is 0 Å². The van der Waals surface area contributed by atoms with Crippen molar-refractivity contribution in [1.29, 1.82) is 0 Å². The second-order valence-electron chi connectivity index (χ2n) is 13.9. The molecule has 0 aromatic carbocycles. The van der Waals surface area contributed by atoms with E-state index in [0.29, 0.717) is 23.5 Å². The number of fused-ring (bicyclic) bond motifs is 5. The Morgan fingerprint density at radius 2 is 1.83 bits per heavy atom. The topological polar surface area (TPSA) is 46.5 Å². The average Bonchev–Trinajstić information content (AvgIpc) is 3.15. The maximum absolute atomic E-state index is 10.7. The lowest BCUT2D eigenvalue weighted by Crippen LogP contribution is -2.51. The van der Waals surface area contributed by atoms with Crippen LogP contribution < -0.4 is 0 Å². The summed E-state index contributed by atoms with van der Waals surface area (Å²) in [6.45, 7) is 13.3. The van der Waals surface area contributed by atoms with Gasteiger partial charge in [0.05, 0.1) is 6.10 Å². The van der Waals surface area contributed by atoms with Crippen molar-refractivity contribution in [2.24, 2.45) is 46.3 Å². The van der Waals surface area contributed by atoms with Crippen LogP contribution in [0.4, 0.5) is 0 Å². The summed E-state index contributed by atoms with van der Waals surface area (Å²) in [7, 11) is 0. The van der Waals surface area contributed by atoms with Gasteiger partial charge in [-0.1, -0.05) is 65.5 Å². The third-order valence-corrected chi connectivity index (χ3v) is 11.4. The maximum Gasteiger partial charge on any atom is 0.303 e. The summed E-state index contributed by atoms with van der Waals surface area (Å²) in [5.74, 6) is 4.65. The van der Waals surface area contributed by atoms with E-state index in [2.05, 4.69) is 40.7 Å². The molecule has 0 radical (unpaired) electrons. The number of unbranched alkanes of at least 4 members (excludes halogenated alkanes) is 1. The van der Waals surface area contributed by atoms with Crippen molar-refractivity contribution in [1.82, 2.24) is 0 Å². The van der Waals surface area contributed by atoms with Crippen LogP contribution in [0.15, 0.2) is 11.6 Å². The number of carboxylic acids is 1. The summed E-state index contributed by atoms with van der Waals surface area (Å²) in [5.41, 5.74) is 2.64. The maximum atomic E-state index is 10.7. The SMILES string of the molecule is CC(C)CCC[C@@H](C)[C@H]1CC[C@H]2[C@@H]3CC=C4C[C@@H](OCCCCC(=O)O)CC[C@]4(C)[C@H]3CC[C@]12C. The molecule has 0 aromatic heterocycles. The normalized spacial score (nSPS) is 39.5. The Morgan fingerprint density at radius 1 is 1.03 bits per heavy atom. The predicted molar refractivity (Wildman–Crippen MR) is 144 cm³/mol. The van der Waals surface area contributed by atoms with Gasteiger partial charge in [-0.25, -0.2) is 0 Å². The summed E-state index contributed by atoms with van der Waals surface area (Å²) in [6, 6.07) is 0. The van der Waals surface area contributed by atoms with E-state index in [1.165, 1.54) is 64.2 Å². The lowest BCUT2D eigenvalue weighted by atomic mass is 9.47. The van der Waals surface area contributed by atoms with Gasteiger partial charge in [-0.2, -0.15) is 0 Å². The number of aliphatic carboxylic acids is 1. The Kier molecular flexibility index (Phi) is 8.77. The van der Waals surface area contributed by atoms with Crippen LogP contribution in [0.25, 0.3) is 0 Å². The van der Waals surface area contributed by atoms with Gasteiger partial charge in [-0.05, 0) is 111 Å². The highest BCUT2D eigenvalue weighted by Crippen LogP contribution is 2.67. The minimum Gasteiger partial charge on any atom is -0.481 e. The van der Waals surface area contributed by atoms with E-state index < -0.39 is 5.97 Å². The minimum absolute atomic E-state index is 0.262. The summed E-state index contributed by atoms with van der Waals surface area (Å²) >= 11 is 0. The van der Waals surface area contributed by atoms with Crippen LogP contribution in [-0.4, -0.2) is 23.8 Å². The van der Waals surface area contributed by atoms with Crippen molar-refractivity contribution in [2.75, 3.05) is 6.61 Å². The number of carboxylic acid groups (broad SMARTS) is 1. The molecule has 200 valence electrons. The highest BCUT2D eigenvalue weighted by Gasteiger charge is 2.59. The summed E-state index contributed by atoms with van der Waals surface area (Å²) < 4.78 is 6.23. The van der Waals surface area contributed by atoms with Gasteiger partial charge in [0.1, 0.15) is 0 Å². The van der Waals surface area contributed by atoms with Gasteiger partial charge in [0.15, 0.2) is 0 Å². The molecule has 4 aliphatic carbocycles. The van der Waals surface area contributed by atoms with E-state index in [9.17, 15) is 4.79 Å². The highest BCUT2D eigenvalue weighted by molar-refractivity contribution is 5.66. The molecule has 0 amide bonds. The third-order valence-electron chi connectivity index (χ3n) is 11.4. The van der Waals surface area contributed by atoms with Crippen LogP contribution in [0.1, 0.15) is 125 Å². The van der Waals surface area contributed by atoms with Crippen molar-refractivity contribution >= 4 is 5.97 Å². The fraction of sp³-hybridized carbons (Fsp3) is 0.906. The van der Waals surface area contributed by atoms with E-state index in [0.717, 1.165) is 54.8 Å². The van der Waals surface area contributed by atoms with E-state index in [4.69, 9.17) is 9.84 Å². The fourth-order valence-electron chi connectivity index (χ4n) is 9.42. The van der Waals surface area contributed by atoms with E-state index in [1.54, 1.807) is 5.57 Å². The summed E-state index contributed by atoms with van der Waals surface area (Å²) in [4.78, 5) is 10.7. The van der Waals surface area contributed by atoms with E-state index in [1.807, 2.05) is 0 Å². The molecule has 3 heteroatoms. The second-order valence-corrected chi connectivity index (χ2v) is 13.9. The molecule has 8 atom stereocenters. The van der Waals surface area contributed by atoms with Gasteiger partial charge < -0.3 is 9.84 Å². The molecule has 3 nitrogen and oxygen atoms in total. The first-order valence-electron chi connectivity index (χ1n) is 15.2. The largest absolute Gasteiger partial charge is 0.481 e. The number of hydrogen-bond donors (Lipinski definition) is 1. The molecule has 0 saturated heterocycles. The van der Waals surface area contributed by atoms with Gasteiger partial charge in [-0.15, -0.1) is 0 Å². The Labute approximate surface area is 215 Å². The Bertz CT molecular complexity index is 756. The summed E-state index contributed by atoms with van der Waals surface area (Å²) in [5, 5.41) is 8.83. The lowest BCUT2D eigenvalue weighted by Gasteiger charge is -2.58. The first-order chi connectivity index (χ1) is 16.6. The monoisotopic (exact) mass is 486 g/mol. The zero-order valence-electron chi connectivity index (χ0n) is 23.5. The Balaban J connectivity index is 1.36. The minimum atomic E-state index is -0.696. The van der Waals surface area contributed by atoms with Crippen molar-refractivity contribution in [3.8, 4) is 0 Å². The molecule has 3 fully saturated rings. The number of ether oxygens (including phenoxy) is 1. The molecule has 0 bridgehead atoms. The van der Waals surface area contributed by atoms with Gasteiger partial charge in [0.2, 0.25) is 0 Å². The quantitative estimate of drug-likeness (QED) is 0.235. The molecule has 0 aromatic rings. The van der Waals surface area contributed by atoms with Gasteiger partial charge in [0, 0.05) is 13.0 Å². The molecular weight excluding hydrogens is 432 g/mol. The van der Waals surface area contributed by atoms with Crippen LogP contribution in [-0.2, 0) is 9.53 Å². The van der Waals surface area contributed by atoms with Gasteiger partial charge in [0.25, 0.3) is 0 Å². The van der Waals surface area contributed by atoms with Crippen molar-refractivity contribution in [3.05, 3.63) is 11.6 Å². The van der Waals surface area contributed by atoms with Crippen LogP contribution in [0.2, 0.25) is 0 Å². The molecule has 0 aliphatic heterocycles. The number of hydrogen-bond acceptors (Lipinski definition) is 2. The zero-order chi connectivity index (χ0) is 25.2. The van der Waals surface area contributed by atoms with Gasteiger partial charge in [-0.3, -0.25) is 4.79 Å². The summed E-state index contributed by atoms with van der Waals surface area (Å²) in [6.07, 6.45) is 19.8. The molecule has 1 N–H and O–H groups in total. The second kappa shape index (κ2) is 11.3. The third kappa shape index (κ3) is 5.70. The Hall–Kier alpha value is -0.830. The number of allylic oxidation sites excluding steroid dienone is 1. The molecular formula is C32H54O3. The van der Waals surface area contributed by atoms with Crippen molar-refractivity contribution in [2.45, 2.75) is 131 Å². The molecule has 0 heterocycles. The van der Waals surface area contributed by atoms with Crippen LogP contribution in [0.3, 0.4) is 0 Å². The molecule has 4 aliphatic rings. The average molecular weight is 487 g/mol. The van der Waals surface area contributed by atoms with E-state index >= 15 is 0 Å². The zero-order valence-corrected chi connectivity index (χ0v) is 23.5. The van der Waals surface area contributed by atoms with Crippen molar-refractivity contribution < 1.29 is 14.6 Å². The molecule has 35 heavy (non-hydrogen) atoms. The Morgan fingerprint density at radius 3 is 2.57 bits per heavy atom. The first-order valence-corrected chi connectivity index (χ1v) is 15.2. The molecule has 4 rings (SSSR count). The van der Waals surface area contributed by atoms with Crippen LogP contribution in [0, 0.1) is 46.3 Å². The highest BCUT2D eigenvalue weighted by atomic mass is 16.5. The predicted octanol–water partition coefficient (Wildman–Crippen LogP) is 8.67. The van der Waals surface area contributed by atoms with Crippen molar-refractivity contribution in [3.63, 3.8) is 0 Å². The molecule has 0 unspecified atom stereocenters.